The van der Waals surface area contributed by atoms with E-state index in [0.29, 0.717) is 43.5 Å². The van der Waals surface area contributed by atoms with Gasteiger partial charge in [0.25, 0.3) is 0 Å². The predicted octanol–water partition coefficient (Wildman–Crippen LogP) is 2.63. The highest BCUT2D eigenvalue weighted by Gasteiger charge is 2.10. The lowest BCUT2D eigenvalue weighted by atomic mass is 10.1. The third kappa shape index (κ3) is 7.54. The summed E-state index contributed by atoms with van der Waals surface area (Å²) in [5.74, 6) is 1.74. The highest BCUT2D eigenvalue weighted by atomic mass is 35.5. The molecule has 0 bridgehead atoms. The molecule has 0 fully saturated rings. The number of methoxy groups -OCH3 is 2. The summed E-state index contributed by atoms with van der Waals surface area (Å²) in [7, 11) is 3.20. The Bertz CT molecular complexity index is 465. The topological polar surface area (TPSA) is 72.8 Å². The van der Waals surface area contributed by atoms with Gasteiger partial charge >= 0.3 is 0 Å². The fraction of sp³-hybridized carbons (Fsp3) is 0.562. The lowest BCUT2D eigenvalue weighted by molar-refractivity contribution is -0.131. The Hall–Kier alpha value is -1.50. The van der Waals surface area contributed by atoms with Crippen molar-refractivity contribution in [3.63, 3.8) is 0 Å². The largest absolute Gasteiger partial charge is 0.493 e. The molecule has 0 radical (unpaired) electrons. The average molecular weight is 347 g/mol. The van der Waals surface area contributed by atoms with Crippen molar-refractivity contribution >= 4 is 18.2 Å². The predicted molar refractivity (Wildman–Crippen MR) is 93.3 cm³/mol. The van der Waals surface area contributed by atoms with Gasteiger partial charge in [-0.3, -0.25) is 5.41 Å². The van der Waals surface area contributed by atoms with Crippen molar-refractivity contribution in [2.75, 3.05) is 34.0 Å². The van der Waals surface area contributed by atoms with Crippen molar-refractivity contribution in [3.05, 3.63) is 23.8 Å². The van der Waals surface area contributed by atoms with E-state index >= 15 is 0 Å². The number of hydrogen-bond acceptors (Lipinski definition) is 5. The first-order valence-electron chi connectivity index (χ1n) is 7.39. The van der Waals surface area contributed by atoms with Crippen LogP contribution >= 0.6 is 12.4 Å². The monoisotopic (exact) mass is 346 g/mol. The maximum absolute atomic E-state index is 8.02. The number of hydrogen-bond donors (Lipinski definition) is 2. The molecular weight excluding hydrogens is 320 g/mol. The second-order valence-electron chi connectivity index (χ2n) is 4.57. The van der Waals surface area contributed by atoms with Gasteiger partial charge in [0.1, 0.15) is 0 Å². The molecule has 0 amide bonds. The number of rotatable bonds is 10. The molecule has 0 saturated carbocycles. The highest BCUT2D eigenvalue weighted by molar-refractivity contribution is 5.85. The quantitative estimate of drug-likeness (QED) is 0.387. The van der Waals surface area contributed by atoms with Gasteiger partial charge in [-0.15, -0.1) is 12.4 Å². The lowest BCUT2D eigenvalue weighted by Crippen LogP contribution is -2.35. The van der Waals surface area contributed by atoms with E-state index in [4.69, 9.17) is 24.4 Å². The molecule has 0 aromatic heterocycles. The van der Waals surface area contributed by atoms with Gasteiger partial charge in [-0.25, -0.2) is 0 Å². The van der Waals surface area contributed by atoms with E-state index in [0.717, 1.165) is 5.56 Å². The number of benzene rings is 1. The Balaban J connectivity index is 0.00000484. The molecule has 0 saturated heterocycles. The van der Waals surface area contributed by atoms with Crippen molar-refractivity contribution in [1.82, 2.24) is 5.32 Å². The number of amidine groups is 1. The van der Waals surface area contributed by atoms with Crippen molar-refractivity contribution in [3.8, 4) is 11.5 Å². The first-order valence-corrected chi connectivity index (χ1v) is 7.39. The first-order chi connectivity index (χ1) is 10.6. The number of ether oxygens (including phenoxy) is 4. The summed E-state index contributed by atoms with van der Waals surface area (Å²) in [4.78, 5) is 0. The van der Waals surface area contributed by atoms with Gasteiger partial charge < -0.3 is 24.3 Å². The van der Waals surface area contributed by atoms with Crippen LogP contribution in [0.5, 0.6) is 11.5 Å². The van der Waals surface area contributed by atoms with Crippen LogP contribution in [0.3, 0.4) is 0 Å². The molecule has 23 heavy (non-hydrogen) atoms. The number of nitrogens with one attached hydrogen (secondary N) is 2. The third-order valence-electron chi connectivity index (χ3n) is 3.02. The lowest BCUT2D eigenvalue weighted by Gasteiger charge is -2.18. The summed E-state index contributed by atoms with van der Waals surface area (Å²) < 4.78 is 21.3. The van der Waals surface area contributed by atoms with E-state index in [9.17, 15) is 0 Å². The molecule has 0 spiro atoms. The summed E-state index contributed by atoms with van der Waals surface area (Å²) in [5, 5.41) is 11.0. The zero-order valence-electron chi connectivity index (χ0n) is 14.2. The average Bonchev–Trinajstić information content (AvgIpc) is 2.53. The van der Waals surface area contributed by atoms with Gasteiger partial charge in [0.05, 0.1) is 26.6 Å². The van der Waals surface area contributed by atoms with Gasteiger partial charge in [0.2, 0.25) is 0 Å². The molecule has 7 heteroatoms. The third-order valence-corrected chi connectivity index (χ3v) is 3.02. The Morgan fingerprint density at radius 2 is 1.70 bits per heavy atom. The summed E-state index contributed by atoms with van der Waals surface area (Å²) in [6.07, 6.45) is 0.145. The molecule has 1 aromatic carbocycles. The first kappa shape index (κ1) is 21.5. The minimum Gasteiger partial charge on any atom is -0.493 e. The molecule has 0 aliphatic heterocycles. The fourth-order valence-corrected chi connectivity index (χ4v) is 2.00. The minimum atomic E-state index is -0.333. The molecule has 0 heterocycles. The highest BCUT2D eigenvalue weighted by Crippen LogP contribution is 2.27. The Kier molecular flexibility index (Phi) is 11.2. The van der Waals surface area contributed by atoms with Crippen LogP contribution < -0.4 is 14.8 Å². The van der Waals surface area contributed by atoms with Crippen LogP contribution in [0, 0.1) is 5.41 Å². The molecule has 0 aliphatic rings. The summed E-state index contributed by atoms with van der Waals surface area (Å²) in [6, 6.07) is 5.63. The van der Waals surface area contributed by atoms with Gasteiger partial charge in [-0.1, -0.05) is 6.07 Å². The van der Waals surface area contributed by atoms with Crippen molar-refractivity contribution in [1.29, 1.82) is 5.41 Å². The maximum atomic E-state index is 8.02. The van der Waals surface area contributed by atoms with Crippen LogP contribution in [-0.2, 0) is 15.9 Å². The maximum Gasteiger partial charge on any atom is 0.174 e. The molecule has 0 unspecified atom stereocenters. The molecule has 132 valence electrons. The second-order valence-corrected chi connectivity index (χ2v) is 4.57. The van der Waals surface area contributed by atoms with Crippen molar-refractivity contribution in [2.45, 2.75) is 26.6 Å². The molecule has 0 aliphatic carbocycles. The van der Waals surface area contributed by atoms with E-state index in [-0.39, 0.29) is 18.7 Å². The standard InChI is InChI=1S/C16H26N2O4.ClH/c1-5-21-16(22-6-2)11-18-15(17)10-12-7-8-13(19-3)14(9-12)20-4;/h7-9,16H,5-6,10-11H2,1-4H3,(H2,17,18);1H. The normalized spacial score (nSPS) is 10.1. The summed E-state index contributed by atoms with van der Waals surface area (Å²) in [6.45, 7) is 5.44. The SMILES string of the molecule is CCOC(CNC(=N)Cc1ccc(OC)c(OC)c1)OCC.Cl. The van der Waals surface area contributed by atoms with Crippen LogP contribution in [-0.4, -0.2) is 46.1 Å². The van der Waals surface area contributed by atoms with E-state index in [1.165, 1.54) is 0 Å². The molecule has 2 N–H and O–H groups in total. The second kappa shape index (κ2) is 12.0. The van der Waals surface area contributed by atoms with E-state index in [1.54, 1.807) is 14.2 Å². The van der Waals surface area contributed by atoms with Crippen LogP contribution in [0.1, 0.15) is 19.4 Å². The van der Waals surface area contributed by atoms with Crippen molar-refractivity contribution in [2.24, 2.45) is 0 Å². The van der Waals surface area contributed by atoms with E-state index in [2.05, 4.69) is 5.32 Å². The van der Waals surface area contributed by atoms with Gasteiger partial charge in [-0.05, 0) is 31.5 Å². The summed E-state index contributed by atoms with van der Waals surface area (Å²) >= 11 is 0. The zero-order valence-corrected chi connectivity index (χ0v) is 15.0. The molecule has 1 rings (SSSR count). The van der Waals surface area contributed by atoms with Crippen LogP contribution in [0.4, 0.5) is 0 Å². The Morgan fingerprint density at radius 3 is 2.22 bits per heavy atom. The molecule has 6 nitrogen and oxygen atoms in total. The molecular formula is C16H27ClN2O4. The van der Waals surface area contributed by atoms with Crippen molar-refractivity contribution < 1.29 is 18.9 Å². The van der Waals surface area contributed by atoms with E-state index < -0.39 is 0 Å². The van der Waals surface area contributed by atoms with Gasteiger partial charge in [-0.2, -0.15) is 0 Å². The molecule has 0 atom stereocenters. The van der Waals surface area contributed by atoms with Gasteiger partial charge in [0.15, 0.2) is 17.8 Å². The Labute approximate surface area is 144 Å². The fourth-order valence-electron chi connectivity index (χ4n) is 2.00. The zero-order chi connectivity index (χ0) is 16.4. The van der Waals surface area contributed by atoms with Gasteiger partial charge in [0, 0.05) is 19.6 Å². The van der Waals surface area contributed by atoms with Crippen LogP contribution in [0.25, 0.3) is 0 Å². The Morgan fingerprint density at radius 1 is 1.09 bits per heavy atom. The smallest absolute Gasteiger partial charge is 0.174 e. The summed E-state index contributed by atoms with van der Waals surface area (Å²) in [5.41, 5.74) is 0.972. The number of halogens is 1. The van der Waals surface area contributed by atoms with Crippen LogP contribution in [0.2, 0.25) is 0 Å². The minimum absolute atomic E-state index is 0. The molecule has 1 aromatic rings. The van der Waals surface area contributed by atoms with E-state index in [1.807, 2.05) is 32.0 Å². The van der Waals surface area contributed by atoms with Crippen LogP contribution in [0.15, 0.2) is 18.2 Å².